The summed E-state index contributed by atoms with van der Waals surface area (Å²) in [6.07, 6.45) is 4.18. The van der Waals surface area contributed by atoms with Crippen LogP contribution in [0.4, 0.5) is 0 Å². The van der Waals surface area contributed by atoms with Crippen LogP contribution in [-0.4, -0.2) is 42.0 Å². The van der Waals surface area contributed by atoms with Crippen LogP contribution in [0, 0.1) is 0 Å². The molecule has 2 N–H and O–H groups in total. The van der Waals surface area contributed by atoms with Crippen LogP contribution in [0.2, 0.25) is 0 Å². The van der Waals surface area contributed by atoms with Crippen molar-refractivity contribution in [1.29, 1.82) is 0 Å². The van der Waals surface area contributed by atoms with Crippen molar-refractivity contribution in [3.05, 3.63) is 24.0 Å². The molecule has 1 fully saturated rings. The summed E-state index contributed by atoms with van der Waals surface area (Å²) in [6.45, 7) is 1.74. The fourth-order valence-electron chi connectivity index (χ4n) is 1.61. The normalized spacial score (nSPS) is 20.2. The van der Waals surface area contributed by atoms with E-state index < -0.39 is 5.91 Å². The van der Waals surface area contributed by atoms with E-state index in [-0.39, 0.29) is 0 Å². The molecule has 0 radical (unpaired) electrons. The maximum atomic E-state index is 10.9. The average Bonchev–Trinajstić information content (AvgIpc) is 2.27. The van der Waals surface area contributed by atoms with Crippen molar-refractivity contribution in [1.82, 2.24) is 9.88 Å². The van der Waals surface area contributed by atoms with E-state index in [9.17, 15) is 4.79 Å². The summed E-state index contributed by atoms with van der Waals surface area (Å²) in [4.78, 5) is 17.1. The molecule has 5 nitrogen and oxygen atoms in total. The maximum absolute atomic E-state index is 10.9. The highest BCUT2D eigenvalue weighted by Gasteiger charge is 2.24. The van der Waals surface area contributed by atoms with Gasteiger partial charge in [0.25, 0.3) is 0 Å². The molecule has 0 unspecified atom stereocenters. The molecule has 1 aromatic rings. The van der Waals surface area contributed by atoms with E-state index in [2.05, 4.69) is 16.9 Å². The van der Waals surface area contributed by atoms with Crippen LogP contribution in [0.3, 0.4) is 0 Å². The first-order valence-corrected chi connectivity index (χ1v) is 5.24. The van der Waals surface area contributed by atoms with Crippen molar-refractivity contribution in [2.45, 2.75) is 12.5 Å². The number of hydrogen-bond donors (Lipinski definition) is 1. The van der Waals surface area contributed by atoms with Gasteiger partial charge >= 0.3 is 0 Å². The van der Waals surface area contributed by atoms with Crippen LogP contribution in [0.15, 0.2) is 18.5 Å². The molecule has 1 atom stereocenters. The molecule has 0 bridgehead atoms. The van der Waals surface area contributed by atoms with Crippen molar-refractivity contribution in [2.24, 2.45) is 5.73 Å². The van der Waals surface area contributed by atoms with Gasteiger partial charge in [0.1, 0.15) is 12.4 Å². The lowest BCUT2D eigenvalue weighted by Gasteiger charge is -2.37. The number of amides is 1. The van der Waals surface area contributed by atoms with E-state index in [1.54, 1.807) is 12.3 Å². The van der Waals surface area contributed by atoms with Gasteiger partial charge in [-0.25, -0.2) is 0 Å². The lowest BCUT2D eigenvalue weighted by atomic mass is 10.1. The molecule has 2 heterocycles. The largest absolute Gasteiger partial charge is 0.490 e. The maximum Gasteiger partial charge on any atom is 0.250 e. The Balaban J connectivity index is 1.93. The SMILES string of the molecule is CN1CC[C@H]1COc1cncc(C(N)=O)c1. The molecule has 2 rings (SSSR count). The second-order valence-electron chi connectivity index (χ2n) is 4.01. The van der Waals surface area contributed by atoms with Crippen molar-refractivity contribution in [3.8, 4) is 5.75 Å². The monoisotopic (exact) mass is 221 g/mol. The van der Waals surface area contributed by atoms with Gasteiger partial charge in [0.2, 0.25) is 5.91 Å². The quantitative estimate of drug-likeness (QED) is 0.792. The zero-order chi connectivity index (χ0) is 11.5. The van der Waals surface area contributed by atoms with Gasteiger partial charge in [-0.2, -0.15) is 0 Å². The Labute approximate surface area is 94.2 Å². The van der Waals surface area contributed by atoms with Crippen molar-refractivity contribution >= 4 is 5.91 Å². The molecule has 1 aliphatic rings. The Morgan fingerprint density at radius 2 is 2.50 bits per heavy atom. The van der Waals surface area contributed by atoms with E-state index in [4.69, 9.17) is 10.5 Å². The van der Waals surface area contributed by atoms with Crippen LogP contribution in [0.5, 0.6) is 5.75 Å². The van der Waals surface area contributed by atoms with E-state index in [0.29, 0.717) is 24.0 Å². The number of nitrogens with zero attached hydrogens (tertiary/aromatic N) is 2. The summed E-state index contributed by atoms with van der Waals surface area (Å²) in [7, 11) is 2.07. The molecule has 1 aromatic heterocycles. The summed E-state index contributed by atoms with van der Waals surface area (Å²) in [5.41, 5.74) is 5.53. The Morgan fingerprint density at radius 1 is 1.69 bits per heavy atom. The fourth-order valence-corrected chi connectivity index (χ4v) is 1.61. The Bertz CT molecular complexity index is 395. The Morgan fingerprint density at radius 3 is 3.06 bits per heavy atom. The summed E-state index contributed by atoms with van der Waals surface area (Å²) in [5.74, 6) is 0.107. The minimum Gasteiger partial charge on any atom is -0.490 e. The fraction of sp³-hybridized carbons (Fsp3) is 0.455. The number of likely N-dealkylation sites (tertiary alicyclic amines) is 1. The first-order valence-electron chi connectivity index (χ1n) is 5.24. The smallest absolute Gasteiger partial charge is 0.250 e. The molecular formula is C11H15N3O2. The summed E-state index contributed by atoms with van der Waals surface area (Å²) >= 11 is 0. The molecule has 5 heteroatoms. The number of primary amides is 1. The van der Waals surface area contributed by atoms with Gasteiger partial charge in [0, 0.05) is 12.2 Å². The predicted molar refractivity (Wildman–Crippen MR) is 59.3 cm³/mol. The number of ether oxygens (including phenoxy) is 1. The third-order valence-corrected chi connectivity index (χ3v) is 2.88. The van der Waals surface area contributed by atoms with Gasteiger partial charge < -0.3 is 10.5 Å². The van der Waals surface area contributed by atoms with Crippen LogP contribution >= 0.6 is 0 Å². The first-order chi connectivity index (χ1) is 7.66. The van der Waals surface area contributed by atoms with E-state index >= 15 is 0 Å². The topological polar surface area (TPSA) is 68.4 Å². The van der Waals surface area contributed by atoms with Gasteiger partial charge in [0.05, 0.1) is 11.8 Å². The number of nitrogens with two attached hydrogens (primary N) is 1. The Hall–Kier alpha value is -1.62. The van der Waals surface area contributed by atoms with Crippen LogP contribution in [0.25, 0.3) is 0 Å². The molecule has 1 amide bonds. The lowest BCUT2D eigenvalue weighted by molar-refractivity contribution is 0.0766. The number of hydrogen-bond acceptors (Lipinski definition) is 4. The predicted octanol–water partition coefficient (Wildman–Crippen LogP) is 0.263. The molecule has 0 aliphatic carbocycles. The molecule has 0 aromatic carbocycles. The van der Waals surface area contributed by atoms with Crippen molar-refractivity contribution in [2.75, 3.05) is 20.2 Å². The van der Waals surface area contributed by atoms with Gasteiger partial charge in [-0.15, -0.1) is 0 Å². The van der Waals surface area contributed by atoms with Crippen molar-refractivity contribution < 1.29 is 9.53 Å². The molecule has 0 saturated carbocycles. The number of aromatic nitrogens is 1. The van der Waals surface area contributed by atoms with Gasteiger partial charge in [0.15, 0.2) is 0 Å². The van der Waals surface area contributed by atoms with E-state index in [1.165, 1.54) is 6.20 Å². The lowest BCUT2D eigenvalue weighted by Crippen LogP contribution is -2.48. The Kier molecular flexibility index (Phi) is 3.05. The van der Waals surface area contributed by atoms with Crippen molar-refractivity contribution in [3.63, 3.8) is 0 Å². The second-order valence-corrected chi connectivity index (χ2v) is 4.01. The van der Waals surface area contributed by atoms with E-state index in [0.717, 1.165) is 13.0 Å². The number of rotatable bonds is 4. The van der Waals surface area contributed by atoms with Crippen LogP contribution in [-0.2, 0) is 0 Å². The number of pyridine rings is 1. The highest BCUT2D eigenvalue weighted by molar-refractivity contribution is 5.92. The van der Waals surface area contributed by atoms with Gasteiger partial charge in [-0.05, 0) is 26.1 Å². The van der Waals surface area contributed by atoms with Gasteiger partial charge in [-0.1, -0.05) is 0 Å². The molecule has 1 aliphatic heterocycles. The van der Waals surface area contributed by atoms with Crippen LogP contribution in [0.1, 0.15) is 16.8 Å². The minimum atomic E-state index is -0.487. The number of likely N-dealkylation sites (N-methyl/N-ethyl adjacent to an activating group) is 1. The average molecular weight is 221 g/mol. The minimum absolute atomic E-state index is 0.375. The third kappa shape index (κ3) is 2.30. The number of carbonyl (C=O) groups is 1. The van der Waals surface area contributed by atoms with Gasteiger partial charge in [-0.3, -0.25) is 14.7 Å². The summed E-state index contributed by atoms with van der Waals surface area (Å²) in [6, 6.07) is 2.09. The molecule has 16 heavy (non-hydrogen) atoms. The standard InChI is InChI=1S/C11H15N3O2/c1-14-3-2-9(14)7-16-10-4-8(11(12)15)5-13-6-10/h4-6,9H,2-3,7H2,1H3,(H2,12,15)/t9-/m0/s1. The summed E-state index contributed by atoms with van der Waals surface area (Å²) < 4.78 is 5.56. The molecular weight excluding hydrogens is 206 g/mol. The summed E-state index contributed by atoms with van der Waals surface area (Å²) in [5, 5.41) is 0. The van der Waals surface area contributed by atoms with Crippen LogP contribution < -0.4 is 10.5 Å². The molecule has 1 saturated heterocycles. The highest BCUT2D eigenvalue weighted by Crippen LogP contribution is 2.17. The first kappa shape index (κ1) is 10.9. The molecule has 86 valence electrons. The third-order valence-electron chi connectivity index (χ3n) is 2.88. The second kappa shape index (κ2) is 4.49. The number of carbonyl (C=O) groups excluding carboxylic acids is 1. The van der Waals surface area contributed by atoms with E-state index in [1.807, 2.05) is 0 Å². The molecule has 0 spiro atoms. The zero-order valence-electron chi connectivity index (χ0n) is 9.22. The highest BCUT2D eigenvalue weighted by atomic mass is 16.5. The zero-order valence-corrected chi connectivity index (χ0v) is 9.22.